The maximum Gasteiger partial charge on any atom is 0.293 e. The van der Waals surface area contributed by atoms with Gasteiger partial charge in [-0.1, -0.05) is 6.07 Å². The molecule has 1 saturated carbocycles. The fourth-order valence-electron chi connectivity index (χ4n) is 6.57. The van der Waals surface area contributed by atoms with E-state index >= 15 is 8.78 Å². The average Bonchev–Trinajstić information content (AvgIpc) is 3.64. The quantitative estimate of drug-likeness (QED) is 0.231. The summed E-state index contributed by atoms with van der Waals surface area (Å²) in [4.78, 5) is 22.5. The SMILES string of the molecule is O=C(Cn1nc(C(F)F)c2c1C(F)(F)C1CC21)NC(Cc1cc(F)cc(F)c1)c1ncccc1-c1cnc2c(c1)CCCN2. The van der Waals surface area contributed by atoms with Gasteiger partial charge in [0.25, 0.3) is 12.3 Å². The van der Waals surface area contributed by atoms with E-state index in [9.17, 15) is 22.4 Å². The van der Waals surface area contributed by atoms with E-state index in [4.69, 9.17) is 0 Å². The zero-order chi connectivity index (χ0) is 30.7. The van der Waals surface area contributed by atoms with Crippen LogP contribution in [-0.4, -0.2) is 32.2 Å². The van der Waals surface area contributed by atoms with Crippen molar-refractivity contribution in [2.75, 3.05) is 11.9 Å². The molecule has 3 atom stereocenters. The summed E-state index contributed by atoms with van der Waals surface area (Å²) < 4.78 is 86.6. The van der Waals surface area contributed by atoms with Crippen LogP contribution in [0.4, 0.5) is 32.2 Å². The molecule has 3 aliphatic rings. The minimum Gasteiger partial charge on any atom is -0.370 e. The number of aryl methyl sites for hydroxylation is 1. The van der Waals surface area contributed by atoms with E-state index in [-0.39, 0.29) is 24.0 Å². The Morgan fingerprint density at radius 3 is 2.68 bits per heavy atom. The van der Waals surface area contributed by atoms with Crippen LogP contribution in [0.3, 0.4) is 0 Å². The standard InChI is InChI=1S/C31H26F6N6O/c32-18-7-15(8-19(33)11-18)9-23(26-20(4-2-5-38-26)17-10-16-3-1-6-39-30(16)40-13-17)41-24(44)14-43-28-25(27(42-43)29(34)35)21-12-22(21)31(28,36)37/h2,4-5,7-8,10-11,13,21-23,29H,1,3,6,9,12,14H2,(H,39,40)(H,41,44). The van der Waals surface area contributed by atoms with Gasteiger partial charge in [-0.2, -0.15) is 13.9 Å². The third-order valence-electron chi connectivity index (χ3n) is 8.52. The molecule has 1 aromatic carbocycles. The van der Waals surface area contributed by atoms with Crippen molar-refractivity contribution < 1.29 is 31.1 Å². The van der Waals surface area contributed by atoms with Crippen LogP contribution in [0, 0.1) is 17.6 Å². The molecule has 1 amide bonds. The molecule has 3 aromatic heterocycles. The van der Waals surface area contributed by atoms with Gasteiger partial charge in [-0.3, -0.25) is 14.5 Å². The van der Waals surface area contributed by atoms with Gasteiger partial charge in [-0.25, -0.2) is 22.5 Å². The maximum atomic E-state index is 15.1. The van der Waals surface area contributed by atoms with Crippen LogP contribution in [0.25, 0.3) is 11.1 Å². The normalized spacial score (nSPS) is 20.0. The summed E-state index contributed by atoms with van der Waals surface area (Å²) in [6, 6.07) is 7.42. The van der Waals surface area contributed by atoms with Crippen LogP contribution in [0.1, 0.15) is 65.0 Å². The minimum absolute atomic E-state index is 0.0972. The highest BCUT2D eigenvalue weighted by molar-refractivity contribution is 5.77. The minimum atomic E-state index is -3.39. The Balaban J connectivity index is 1.24. The third kappa shape index (κ3) is 4.97. The molecule has 0 spiro atoms. The second kappa shape index (κ2) is 10.6. The van der Waals surface area contributed by atoms with E-state index in [1.807, 2.05) is 6.07 Å². The smallest absolute Gasteiger partial charge is 0.293 e. The van der Waals surface area contributed by atoms with Crippen molar-refractivity contribution >= 4 is 11.7 Å². The van der Waals surface area contributed by atoms with Crippen molar-refractivity contribution in [3.8, 4) is 11.1 Å². The molecule has 0 saturated heterocycles. The number of alkyl halides is 4. The molecule has 1 fully saturated rings. The lowest BCUT2D eigenvalue weighted by Crippen LogP contribution is -2.35. The molecule has 0 radical (unpaired) electrons. The summed E-state index contributed by atoms with van der Waals surface area (Å²) >= 11 is 0. The van der Waals surface area contributed by atoms with Gasteiger partial charge in [0.2, 0.25) is 5.91 Å². The lowest BCUT2D eigenvalue weighted by Gasteiger charge is -2.23. The Kier molecular flexibility index (Phi) is 6.85. The van der Waals surface area contributed by atoms with Crippen LogP contribution < -0.4 is 10.6 Å². The largest absolute Gasteiger partial charge is 0.370 e. The van der Waals surface area contributed by atoms with E-state index in [1.165, 1.54) is 6.20 Å². The summed E-state index contributed by atoms with van der Waals surface area (Å²) in [7, 11) is 0. The van der Waals surface area contributed by atoms with Crippen molar-refractivity contribution in [2.45, 2.75) is 56.5 Å². The first-order valence-corrected chi connectivity index (χ1v) is 14.3. The zero-order valence-corrected chi connectivity index (χ0v) is 23.1. The van der Waals surface area contributed by atoms with E-state index in [2.05, 4.69) is 25.7 Å². The molecule has 228 valence electrons. The molecule has 0 bridgehead atoms. The summed E-state index contributed by atoms with van der Waals surface area (Å²) in [5.41, 5.74) is 1.30. The maximum absolute atomic E-state index is 15.1. The van der Waals surface area contributed by atoms with Gasteiger partial charge in [0.15, 0.2) is 0 Å². The first kappa shape index (κ1) is 28.4. The molecule has 4 heterocycles. The van der Waals surface area contributed by atoms with Gasteiger partial charge in [-0.05, 0) is 67.0 Å². The molecule has 2 N–H and O–H groups in total. The average molecular weight is 613 g/mol. The lowest BCUT2D eigenvalue weighted by molar-refractivity contribution is -0.123. The number of amides is 1. The molecule has 13 heteroatoms. The van der Waals surface area contributed by atoms with Gasteiger partial charge >= 0.3 is 0 Å². The molecule has 4 aromatic rings. The number of halogens is 6. The second-order valence-corrected chi connectivity index (χ2v) is 11.5. The van der Waals surface area contributed by atoms with Crippen LogP contribution >= 0.6 is 0 Å². The van der Waals surface area contributed by atoms with Crippen LogP contribution in [0.2, 0.25) is 0 Å². The summed E-state index contributed by atoms with van der Waals surface area (Å²) in [5, 5.41) is 9.73. The summed E-state index contributed by atoms with van der Waals surface area (Å²) in [6.07, 6.45) is 1.81. The molecule has 2 aliphatic carbocycles. The van der Waals surface area contributed by atoms with Gasteiger partial charge in [0.05, 0.1) is 11.7 Å². The Morgan fingerprint density at radius 2 is 1.91 bits per heavy atom. The molecular formula is C31H26F6N6O. The zero-order valence-electron chi connectivity index (χ0n) is 23.1. The number of anilines is 1. The molecule has 7 nitrogen and oxygen atoms in total. The molecular weight excluding hydrogens is 586 g/mol. The predicted octanol–water partition coefficient (Wildman–Crippen LogP) is 6.22. The molecule has 44 heavy (non-hydrogen) atoms. The van der Waals surface area contributed by atoms with Gasteiger partial charge < -0.3 is 10.6 Å². The highest BCUT2D eigenvalue weighted by Crippen LogP contribution is 2.68. The third-order valence-corrected chi connectivity index (χ3v) is 8.52. The van der Waals surface area contributed by atoms with E-state index < -0.39 is 65.7 Å². The first-order chi connectivity index (χ1) is 21.1. The van der Waals surface area contributed by atoms with E-state index in [0.29, 0.717) is 21.5 Å². The van der Waals surface area contributed by atoms with Crippen LogP contribution in [0.15, 0.2) is 48.8 Å². The molecule has 3 unspecified atom stereocenters. The number of aromatic nitrogens is 4. The number of nitrogens with one attached hydrogen (secondary N) is 2. The fraction of sp³-hybridized carbons (Fsp3) is 0.355. The number of fused-ring (bicyclic) bond motifs is 4. The van der Waals surface area contributed by atoms with Crippen molar-refractivity contribution in [3.63, 3.8) is 0 Å². The van der Waals surface area contributed by atoms with E-state index in [0.717, 1.165) is 49.0 Å². The summed E-state index contributed by atoms with van der Waals surface area (Å²) in [6.45, 7) is 0.0492. The number of benzene rings is 1. The van der Waals surface area contributed by atoms with Crippen LogP contribution in [-0.2, 0) is 30.1 Å². The highest BCUT2D eigenvalue weighted by atomic mass is 19.3. The van der Waals surface area contributed by atoms with Crippen molar-refractivity contribution in [1.82, 2.24) is 25.1 Å². The Bertz CT molecular complexity index is 1750. The Hall–Kier alpha value is -4.42. The lowest BCUT2D eigenvalue weighted by atomic mass is 9.94. The number of hydrogen-bond acceptors (Lipinski definition) is 5. The monoisotopic (exact) mass is 612 g/mol. The number of carbonyl (C=O) groups is 1. The molecule has 7 rings (SSSR count). The van der Waals surface area contributed by atoms with Crippen molar-refractivity contribution in [2.24, 2.45) is 5.92 Å². The number of hydrogen-bond donors (Lipinski definition) is 2. The van der Waals surface area contributed by atoms with Crippen molar-refractivity contribution in [3.05, 3.63) is 94.2 Å². The van der Waals surface area contributed by atoms with Gasteiger partial charge in [0, 0.05) is 47.6 Å². The van der Waals surface area contributed by atoms with E-state index in [1.54, 1.807) is 18.3 Å². The van der Waals surface area contributed by atoms with Crippen LogP contribution in [0.5, 0.6) is 0 Å². The Labute approximate surface area is 247 Å². The topological polar surface area (TPSA) is 84.7 Å². The van der Waals surface area contributed by atoms with Crippen molar-refractivity contribution in [1.29, 1.82) is 0 Å². The number of nitrogens with zero attached hydrogens (tertiary/aromatic N) is 4. The highest BCUT2D eigenvalue weighted by Gasteiger charge is 2.67. The second-order valence-electron chi connectivity index (χ2n) is 11.5. The first-order valence-electron chi connectivity index (χ1n) is 14.3. The number of rotatable bonds is 8. The molecule has 1 aliphatic heterocycles. The number of pyridine rings is 2. The number of carbonyl (C=O) groups excluding carboxylic acids is 1. The summed E-state index contributed by atoms with van der Waals surface area (Å²) in [5.74, 6) is -6.83. The van der Waals surface area contributed by atoms with Gasteiger partial charge in [-0.15, -0.1) is 0 Å². The predicted molar refractivity (Wildman–Crippen MR) is 147 cm³/mol. The van der Waals surface area contributed by atoms with Gasteiger partial charge in [0.1, 0.15) is 35.4 Å². The Morgan fingerprint density at radius 1 is 1.11 bits per heavy atom. The fourth-order valence-corrected chi connectivity index (χ4v) is 6.57.